The molecular weight excluding hydrogens is 138 g/mol. The lowest BCUT2D eigenvalue weighted by molar-refractivity contribution is -0.0232. The molecule has 1 rings (SSSR count). The van der Waals surface area contributed by atoms with Crippen LogP contribution in [0.5, 0.6) is 0 Å². The van der Waals surface area contributed by atoms with Crippen molar-refractivity contribution in [1.82, 2.24) is 4.90 Å². The molecule has 0 aromatic rings. The molecule has 11 heavy (non-hydrogen) atoms. The first-order valence-corrected chi connectivity index (χ1v) is 4.52. The van der Waals surface area contributed by atoms with E-state index in [0.29, 0.717) is 12.2 Å². The highest BCUT2D eigenvalue weighted by Crippen LogP contribution is 2.13. The van der Waals surface area contributed by atoms with E-state index in [1.54, 1.807) is 0 Å². The van der Waals surface area contributed by atoms with Crippen LogP contribution in [0, 0.1) is 0 Å². The minimum Gasteiger partial charge on any atom is -0.375 e. The SMILES string of the molecule is CC(C)OC1CCN(C)CC1. The molecule has 0 spiro atoms. The molecule has 0 aromatic carbocycles. The second kappa shape index (κ2) is 4.07. The summed E-state index contributed by atoms with van der Waals surface area (Å²) in [5, 5.41) is 0. The van der Waals surface area contributed by atoms with Crippen molar-refractivity contribution in [2.45, 2.75) is 38.9 Å². The zero-order valence-corrected chi connectivity index (χ0v) is 7.84. The maximum atomic E-state index is 5.71. The predicted octanol–water partition coefficient (Wildman–Crippen LogP) is 1.51. The first-order valence-electron chi connectivity index (χ1n) is 4.52. The van der Waals surface area contributed by atoms with Crippen LogP contribution < -0.4 is 0 Å². The molecule has 1 aliphatic heterocycles. The summed E-state index contributed by atoms with van der Waals surface area (Å²) in [6.07, 6.45) is 3.32. The van der Waals surface area contributed by atoms with Crippen LogP contribution in [0.15, 0.2) is 0 Å². The molecule has 66 valence electrons. The number of piperidine rings is 1. The molecule has 2 nitrogen and oxygen atoms in total. The number of likely N-dealkylation sites (tertiary alicyclic amines) is 1. The quantitative estimate of drug-likeness (QED) is 0.602. The van der Waals surface area contributed by atoms with Crippen LogP contribution in [-0.2, 0) is 4.74 Å². The number of hydrogen-bond acceptors (Lipinski definition) is 2. The fourth-order valence-corrected chi connectivity index (χ4v) is 1.51. The van der Waals surface area contributed by atoms with Crippen LogP contribution >= 0.6 is 0 Å². The molecule has 0 bridgehead atoms. The first-order chi connectivity index (χ1) is 5.18. The second-order valence-electron chi connectivity index (χ2n) is 3.69. The number of nitrogens with zero attached hydrogens (tertiary/aromatic N) is 1. The van der Waals surface area contributed by atoms with Crippen LogP contribution in [0.3, 0.4) is 0 Å². The summed E-state index contributed by atoms with van der Waals surface area (Å²) in [5.41, 5.74) is 0. The highest BCUT2D eigenvalue weighted by atomic mass is 16.5. The minimum absolute atomic E-state index is 0.392. The molecule has 1 heterocycles. The molecule has 0 N–H and O–H groups in total. The molecule has 0 radical (unpaired) electrons. The van der Waals surface area contributed by atoms with Gasteiger partial charge in [-0.2, -0.15) is 0 Å². The summed E-state index contributed by atoms with van der Waals surface area (Å²) in [5.74, 6) is 0. The largest absolute Gasteiger partial charge is 0.375 e. The Labute approximate surface area is 69.5 Å². The van der Waals surface area contributed by atoms with Gasteiger partial charge in [-0.15, -0.1) is 0 Å². The van der Waals surface area contributed by atoms with Gasteiger partial charge in [0.05, 0.1) is 12.2 Å². The van der Waals surface area contributed by atoms with E-state index >= 15 is 0 Å². The Morgan fingerprint density at radius 1 is 1.27 bits per heavy atom. The summed E-state index contributed by atoms with van der Waals surface area (Å²) in [7, 11) is 2.17. The van der Waals surface area contributed by atoms with Crippen molar-refractivity contribution in [1.29, 1.82) is 0 Å². The smallest absolute Gasteiger partial charge is 0.0603 e. The van der Waals surface area contributed by atoms with E-state index in [9.17, 15) is 0 Å². The van der Waals surface area contributed by atoms with Crippen molar-refractivity contribution >= 4 is 0 Å². The molecule has 1 saturated heterocycles. The lowest BCUT2D eigenvalue weighted by Gasteiger charge is -2.30. The molecular formula is C9H19NO. The van der Waals surface area contributed by atoms with E-state index in [2.05, 4.69) is 25.8 Å². The Kier molecular flexibility index (Phi) is 3.34. The van der Waals surface area contributed by atoms with Crippen molar-refractivity contribution in [2.24, 2.45) is 0 Å². The zero-order valence-electron chi connectivity index (χ0n) is 7.84. The monoisotopic (exact) mass is 157 g/mol. The first kappa shape index (κ1) is 9.01. The third-order valence-electron chi connectivity index (χ3n) is 2.13. The van der Waals surface area contributed by atoms with Gasteiger partial charge in [-0.3, -0.25) is 0 Å². The van der Waals surface area contributed by atoms with Gasteiger partial charge in [-0.05, 0) is 33.7 Å². The van der Waals surface area contributed by atoms with Crippen molar-refractivity contribution in [3.05, 3.63) is 0 Å². The normalized spacial score (nSPS) is 22.9. The van der Waals surface area contributed by atoms with E-state index in [1.807, 2.05) is 0 Å². The summed E-state index contributed by atoms with van der Waals surface area (Å²) in [6, 6.07) is 0. The minimum atomic E-state index is 0.392. The molecule has 0 aromatic heterocycles. The van der Waals surface area contributed by atoms with E-state index in [1.165, 1.54) is 25.9 Å². The number of rotatable bonds is 2. The van der Waals surface area contributed by atoms with Crippen molar-refractivity contribution < 1.29 is 4.74 Å². The summed E-state index contributed by atoms with van der Waals surface area (Å²) < 4.78 is 5.71. The lowest BCUT2D eigenvalue weighted by Crippen LogP contribution is -2.35. The highest BCUT2D eigenvalue weighted by molar-refractivity contribution is 4.70. The van der Waals surface area contributed by atoms with Gasteiger partial charge in [0.2, 0.25) is 0 Å². The van der Waals surface area contributed by atoms with Crippen LogP contribution in [0.1, 0.15) is 26.7 Å². The molecule has 1 fully saturated rings. The van der Waals surface area contributed by atoms with Crippen LogP contribution in [-0.4, -0.2) is 37.2 Å². The topological polar surface area (TPSA) is 12.5 Å². The second-order valence-corrected chi connectivity index (χ2v) is 3.69. The zero-order chi connectivity index (χ0) is 8.27. The standard InChI is InChI=1S/C9H19NO/c1-8(2)11-9-4-6-10(3)7-5-9/h8-9H,4-7H2,1-3H3. The Hall–Kier alpha value is -0.0800. The average Bonchev–Trinajstić information content (AvgIpc) is 1.93. The molecule has 1 aliphatic rings. The van der Waals surface area contributed by atoms with E-state index in [4.69, 9.17) is 4.74 Å². The van der Waals surface area contributed by atoms with Crippen LogP contribution in [0.2, 0.25) is 0 Å². The van der Waals surface area contributed by atoms with E-state index in [-0.39, 0.29) is 0 Å². The molecule has 0 unspecified atom stereocenters. The van der Waals surface area contributed by atoms with Gasteiger partial charge in [0.15, 0.2) is 0 Å². The van der Waals surface area contributed by atoms with E-state index < -0.39 is 0 Å². The Bertz CT molecular complexity index is 106. The van der Waals surface area contributed by atoms with Gasteiger partial charge in [-0.25, -0.2) is 0 Å². The Morgan fingerprint density at radius 2 is 1.82 bits per heavy atom. The van der Waals surface area contributed by atoms with E-state index in [0.717, 1.165) is 0 Å². The maximum absolute atomic E-state index is 5.71. The molecule has 2 heteroatoms. The number of hydrogen-bond donors (Lipinski definition) is 0. The van der Waals surface area contributed by atoms with Gasteiger partial charge in [-0.1, -0.05) is 0 Å². The Balaban J connectivity index is 2.17. The molecule has 0 atom stereocenters. The molecule has 0 saturated carbocycles. The van der Waals surface area contributed by atoms with Crippen molar-refractivity contribution in [2.75, 3.05) is 20.1 Å². The average molecular weight is 157 g/mol. The van der Waals surface area contributed by atoms with Gasteiger partial charge in [0.25, 0.3) is 0 Å². The third-order valence-corrected chi connectivity index (χ3v) is 2.13. The third kappa shape index (κ3) is 3.21. The maximum Gasteiger partial charge on any atom is 0.0603 e. The van der Waals surface area contributed by atoms with Gasteiger partial charge >= 0.3 is 0 Å². The Morgan fingerprint density at radius 3 is 2.27 bits per heavy atom. The van der Waals surface area contributed by atoms with Gasteiger partial charge < -0.3 is 9.64 Å². The van der Waals surface area contributed by atoms with Gasteiger partial charge in [0.1, 0.15) is 0 Å². The highest BCUT2D eigenvalue weighted by Gasteiger charge is 2.17. The molecule has 0 amide bonds. The van der Waals surface area contributed by atoms with Crippen LogP contribution in [0.25, 0.3) is 0 Å². The van der Waals surface area contributed by atoms with Gasteiger partial charge in [0, 0.05) is 13.1 Å². The van der Waals surface area contributed by atoms with Crippen molar-refractivity contribution in [3.8, 4) is 0 Å². The van der Waals surface area contributed by atoms with Crippen LogP contribution in [0.4, 0.5) is 0 Å². The molecule has 0 aliphatic carbocycles. The summed E-state index contributed by atoms with van der Waals surface area (Å²) in [6.45, 7) is 6.60. The van der Waals surface area contributed by atoms with Crippen molar-refractivity contribution in [3.63, 3.8) is 0 Å². The fraction of sp³-hybridized carbons (Fsp3) is 1.00. The summed E-state index contributed by atoms with van der Waals surface area (Å²) >= 11 is 0. The fourth-order valence-electron chi connectivity index (χ4n) is 1.51. The summed E-state index contributed by atoms with van der Waals surface area (Å²) in [4.78, 5) is 2.36. The predicted molar refractivity (Wildman–Crippen MR) is 46.7 cm³/mol. The number of ether oxygens (including phenoxy) is 1. The lowest BCUT2D eigenvalue weighted by atomic mass is 10.1.